The number of carbonyl (C=O) groups excluding carboxylic acids is 1. The number of hydrogen-bond acceptors (Lipinski definition) is 3. The molecule has 1 fully saturated rings. The van der Waals surface area contributed by atoms with Crippen molar-refractivity contribution < 1.29 is 32.6 Å². The Balaban J connectivity index is 2.80. The molecular weight excluding hydrogens is 243 g/mol. The summed E-state index contributed by atoms with van der Waals surface area (Å²) < 4.78 is 42.6. The summed E-state index contributed by atoms with van der Waals surface area (Å²) >= 11 is 0. The van der Waals surface area contributed by atoms with Crippen LogP contribution in [0.25, 0.3) is 0 Å². The van der Waals surface area contributed by atoms with Crippen LogP contribution in [0.2, 0.25) is 0 Å². The van der Waals surface area contributed by atoms with Crippen molar-refractivity contribution in [2.24, 2.45) is 5.92 Å². The molecule has 1 amide bonds. The molecule has 98 valence electrons. The molecule has 1 heterocycles. The Morgan fingerprint density at radius 1 is 1.41 bits per heavy atom. The lowest BCUT2D eigenvalue weighted by Crippen LogP contribution is -2.62. The molecule has 1 rings (SSSR count). The fraction of sp³-hybridized carbons (Fsp3) is 0.778. The summed E-state index contributed by atoms with van der Waals surface area (Å²) in [5, 5.41) is 10.1. The molecule has 5 nitrogen and oxygen atoms in total. The van der Waals surface area contributed by atoms with Gasteiger partial charge < -0.3 is 15.2 Å². The molecule has 17 heavy (non-hydrogen) atoms. The van der Waals surface area contributed by atoms with Gasteiger partial charge in [0, 0.05) is 6.61 Å². The smallest absolute Gasteiger partial charge is 0.422 e. The molecule has 0 spiro atoms. The predicted octanol–water partition coefficient (Wildman–Crippen LogP) is 0.545. The van der Waals surface area contributed by atoms with Crippen LogP contribution in [0.15, 0.2) is 0 Å². The molecular formula is C9H12F3NO4. The van der Waals surface area contributed by atoms with Gasteiger partial charge >= 0.3 is 12.1 Å². The number of carboxylic acids is 1. The minimum absolute atomic E-state index is 0.0133. The van der Waals surface area contributed by atoms with Gasteiger partial charge in [-0.1, -0.05) is 0 Å². The summed E-state index contributed by atoms with van der Waals surface area (Å²) in [5.41, 5.74) is -3.27. The summed E-state index contributed by atoms with van der Waals surface area (Å²) in [6.45, 7) is 0.719. The zero-order valence-corrected chi connectivity index (χ0v) is 9.00. The molecule has 1 aliphatic heterocycles. The highest BCUT2D eigenvalue weighted by molar-refractivity contribution is 5.88. The molecule has 2 unspecified atom stereocenters. The lowest BCUT2D eigenvalue weighted by atomic mass is 9.99. The number of nitrogens with one attached hydrogen (secondary N) is 1. The Bertz CT molecular complexity index is 325. The number of carboxylic acid groups (broad SMARTS) is 1. The summed E-state index contributed by atoms with van der Waals surface area (Å²) in [6, 6.07) is 0. The average Bonchev–Trinajstić information content (AvgIpc) is 2.67. The van der Waals surface area contributed by atoms with E-state index >= 15 is 0 Å². The Hall–Kier alpha value is -1.31. The monoisotopic (exact) mass is 255 g/mol. The summed E-state index contributed by atoms with van der Waals surface area (Å²) in [7, 11) is 0. The SMILES string of the molecule is CC(NC(=O)C1CCOC1)(C(=O)O)C(F)(F)F. The summed E-state index contributed by atoms with van der Waals surface area (Å²) in [4.78, 5) is 22.1. The molecule has 0 aromatic heterocycles. The molecule has 1 saturated heterocycles. The minimum atomic E-state index is -5.06. The maximum absolute atomic E-state index is 12.6. The van der Waals surface area contributed by atoms with Gasteiger partial charge in [0.2, 0.25) is 11.4 Å². The number of rotatable bonds is 3. The predicted molar refractivity (Wildman–Crippen MR) is 49.2 cm³/mol. The largest absolute Gasteiger partial charge is 0.479 e. The lowest BCUT2D eigenvalue weighted by molar-refractivity contribution is -0.207. The van der Waals surface area contributed by atoms with Crippen molar-refractivity contribution in [1.82, 2.24) is 5.32 Å². The highest BCUT2D eigenvalue weighted by Gasteiger charge is 2.58. The van der Waals surface area contributed by atoms with Crippen LogP contribution in [-0.2, 0) is 14.3 Å². The third-order valence-electron chi connectivity index (χ3n) is 2.67. The molecule has 0 bridgehead atoms. The quantitative estimate of drug-likeness (QED) is 0.772. The van der Waals surface area contributed by atoms with Crippen LogP contribution in [0, 0.1) is 5.92 Å². The first kappa shape index (κ1) is 13.8. The first-order valence-corrected chi connectivity index (χ1v) is 4.88. The molecule has 0 saturated carbocycles. The second-order valence-electron chi connectivity index (χ2n) is 3.98. The standard InChI is InChI=1S/C9H12F3NO4/c1-8(7(15)16,9(10,11)12)13-6(14)5-2-3-17-4-5/h5H,2-4H2,1H3,(H,13,14)(H,15,16). The van der Waals surface area contributed by atoms with Crippen molar-refractivity contribution in [3.8, 4) is 0 Å². The van der Waals surface area contributed by atoms with Gasteiger partial charge in [0.25, 0.3) is 0 Å². The Morgan fingerprint density at radius 3 is 2.35 bits per heavy atom. The van der Waals surface area contributed by atoms with Crippen LogP contribution < -0.4 is 5.32 Å². The minimum Gasteiger partial charge on any atom is -0.479 e. The summed E-state index contributed by atoms with van der Waals surface area (Å²) in [5.74, 6) is -3.82. The van der Waals surface area contributed by atoms with E-state index in [1.165, 1.54) is 5.32 Å². The first-order valence-electron chi connectivity index (χ1n) is 4.88. The van der Waals surface area contributed by atoms with Crippen LogP contribution in [0.4, 0.5) is 13.2 Å². The number of ether oxygens (including phenoxy) is 1. The highest BCUT2D eigenvalue weighted by Crippen LogP contribution is 2.31. The van der Waals surface area contributed by atoms with Crippen molar-refractivity contribution in [3.05, 3.63) is 0 Å². The first-order chi connectivity index (χ1) is 7.68. The van der Waals surface area contributed by atoms with Gasteiger partial charge in [0.1, 0.15) is 0 Å². The van der Waals surface area contributed by atoms with E-state index in [0.29, 0.717) is 13.3 Å². The van der Waals surface area contributed by atoms with Crippen LogP contribution >= 0.6 is 0 Å². The van der Waals surface area contributed by atoms with E-state index in [2.05, 4.69) is 0 Å². The van der Waals surface area contributed by atoms with Gasteiger partial charge in [0.05, 0.1) is 12.5 Å². The Labute approximate surface area is 94.9 Å². The van der Waals surface area contributed by atoms with Crippen LogP contribution in [0.1, 0.15) is 13.3 Å². The van der Waals surface area contributed by atoms with Crippen molar-refractivity contribution in [2.75, 3.05) is 13.2 Å². The number of aliphatic carboxylic acids is 1. The molecule has 2 N–H and O–H groups in total. The number of halogens is 3. The van der Waals surface area contributed by atoms with E-state index < -0.39 is 29.5 Å². The zero-order chi connectivity index (χ0) is 13.3. The number of amides is 1. The van der Waals surface area contributed by atoms with E-state index in [0.717, 1.165) is 0 Å². The molecule has 1 aliphatic rings. The fourth-order valence-corrected chi connectivity index (χ4v) is 1.34. The Kier molecular flexibility index (Phi) is 3.65. The number of alkyl halides is 3. The van der Waals surface area contributed by atoms with E-state index in [1.54, 1.807) is 0 Å². The maximum Gasteiger partial charge on any atom is 0.422 e. The normalized spacial score (nSPS) is 24.1. The van der Waals surface area contributed by atoms with E-state index in [9.17, 15) is 22.8 Å². The van der Waals surface area contributed by atoms with Gasteiger partial charge in [-0.05, 0) is 13.3 Å². The topological polar surface area (TPSA) is 75.6 Å². The molecule has 0 radical (unpaired) electrons. The molecule has 2 atom stereocenters. The van der Waals surface area contributed by atoms with Crippen LogP contribution in [-0.4, -0.2) is 41.9 Å². The van der Waals surface area contributed by atoms with Gasteiger partial charge in [0.15, 0.2) is 0 Å². The lowest BCUT2D eigenvalue weighted by Gasteiger charge is -2.29. The number of carbonyl (C=O) groups is 2. The van der Waals surface area contributed by atoms with E-state index in [1.807, 2.05) is 0 Å². The maximum atomic E-state index is 12.6. The fourth-order valence-electron chi connectivity index (χ4n) is 1.34. The van der Waals surface area contributed by atoms with Crippen molar-refractivity contribution >= 4 is 11.9 Å². The van der Waals surface area contributed by atoms with E-state index in [4.69, 9.17) is 9.84 Å². The zero-order valence-electron chi connectivity index (χ0n) is 9.00. The molecule has 0 aromatic rings. The van der Waals surface area contributed by atoms with Gasteiger partial charge in [-0.25, -0.2) is 4.79 Å². The second kappa shape index (κ2) is 4.52. The van der Waals surface area contributed by atoms with Crippen molar-refractivity contribution in [1.29, 1.82) is 0 Å². The molecule has 0 aromatic carbocycles. The van der Waals surface area contributed by atoms with Crippen molar-refractivity contribution in [3.63, 3.8) is 0 Å². The van der Waals surface area contributed by atoms with Crippen LogP contribution in [0.5, 0.6) is 0 Å². The Morgan fingerprint density at radius 2 is 2.00 bits per heavy atom. The highest BCUT2D eigenvalue weighted by atomic mass is 19.4. The third-order valence-corrected chi connectivity index (χ3v) is 2.67. The molecule has 8 heteroatoms. The van der Waals surface area contributed by atoms with Gasteiger partial charge in [-0.3, -0.25) is 4.79 Å². The van der Waals surface area contributed by atoms with Crippen molar-refractivity contribution in [2.45, 2.75) is 25.1 Å². The average molecular weight is 255 g/mol. The van der Waals surface area contributed by atoms with E-state index in [-0.39, 0.29) is 13.2 Å². The number of hydrogen-bond donors (Lipinski definition) is 2. The third kappa shape index (κ3) is 2.68. The summed E-state index contributed by atoms with van der Waals surface area (Å²) in [6.07, 6.45) is -4.77. The van der Waals surface area contributed by atoms with Crippen LogP contribution in [0.3, 0.4) is 0 Å². The van der Waals surface area contributed by atoms with Gasteiger partial charge in [-0.15, -0.1) is 0 Å². The molecule has 0 aliphatic carbocycles. The van der Waals surface area contributed by atoms with Gasteiger partial charge in [-0.2, -0.15) is 13.2 Å². The second-order valence-corrected chi connectivity index (χ2v) is 3.98.